The average Bonchev–Trinajstić information content (AvgIpc) is 3.20. The number of carbonyl (C=O) groups excluding carboxylic acids is 1. The Morgan fingerprint density at radius 2 is 2.06 bits per heavy atom. The molecule has 3 heterocycles. The van der Waals surface area contributed by atoms with E-state index in [0.29, 0.717) is 52.6 Å². The molecule has 3 aromatic rings. The maximum atomic E-state index is 13.4. The van der Waals surface area contributed by atoms with Crippen LogP contribution in [0.15, 0.2) is 53.7 Å². The van der Waals surface area contributed by atoms with Gasteiger partial charge in [0.05, 0.1) is 5.57 Å². The predicted molar refractivity (Wildman–Crippen MR) is 118 cm³/mol. The summed E-state index contributed by atoms with van der Waals surface area (Å²) in [6.07, 6.45) is 0. The second kappa shape index (κ2) is 8.18. The zero-order valence-corrected chi connectivity index (χ0v) is 17.9. The Kier molecular flexibility index (Phi) is 5.20. The van der Waals surface area contributed by atoms with E-state index in [4.69, 9.17) is 21.1 Å². The molecule has 0 radical (unpaired) electrons. The lowest BCUT2D eigenvalue weighted by molar-refractivity contribution is -0.113. The quantitative estimate of drug-likeness (QED) is 0.556. The number of aromatic nitrogens is 3. The van der Waals surface area contributed by atoms with Crippen molar-refractivity contribution in [1.82, 2.24) is 14.8 Å². The Balaban J connectivity index is 1.59. The molecule has 0 fully saturated rings. The number of aliphatic hydroxyl groups is 1. The van der Waals surface area contributed by atoms with Crippen molar-refractivity contribution in [1.29, 1.82) is 0 Å². The van der Waals surface area contributed by atoms with Crippen molar-refractivity contribution >= 4 is 29.1 Å². The van der Waals surface area contributed by atoms with Crippen LogP contribution in [0.4, 0.5) is 11.6 Å². The van der Waals surface area contributed by atoms with Crippen molar-refractivity contribution in [3.05, 3.63) is 70.1 Å². The Morgan fingerprint density at radius 3 is 2.84 bits per heavy atom. The van der Waals surface area contributed by atoms with Gasteiger partial charge in [0.2, 0.25) is 5.95 Å². The van der Waals surface area contributed by atoms with Gasteiger partial charge < -0.3 is 25.2 Å². The van der Waals surface area contributed by atoms with E-state index >= 15 is 0 Å². The number of benzene rings is 2. The lowest BCUT2D eigenvalue weighted by Gasteiger charge is -2.29. The SMILES string of the molecule is CC1=C(C(=O)Nc2cccc(Cl)c2)C(c2ccc3c(c2)OCCO3)n2nc(CO)nc2N1. The number of carbonyl (C=O) groups is 1. The van der Waals surface area contributed by atoms with Gasteiger partial charge in [-0.15, -0.1) is 0 Å². The standard InChI is InChI=1S/C22H20ClN5O4/c1-12-19(21(30)25-15-4-2-3-14(23)10-15)20(28-22(24-12)26-18(11-29)27-28)13-5-6-16-17(9-13)32-8-7-31-16/h2-6,9-10,20,29H,7-8,11H2,1H3,(H,25,30)(H,24,26,27). The fourth-order valence-corrected chi connectivity index (χ4v) is 4.05. The van der Waals surface area contributed by atoms with Crippen LogP contribution in [0, 0.1) is 0 Å². The Labute approximate surface area is 188 Å². The molecule has 2 aromatic carbocycles. The van der Waals surface area contributed by atoms with E-state index < -0.39 is 6.04 Å². The molecular formula is C22H20ClN5O4. The van der Waals surface area contributed by atoms with Gasteiger partial charge in [-0.25, -0.2) is 4.68 Å². The summed E-state index contributed by atoms with van der Waals surface area (Å²) in [4.78, 5) is 17.8. The first kappa shape index (κ1) is 20.3. The van der Waals surface area contributed by atoms with Crippen LogP contribution in [0.3, 0.4) is 0 Å². The van der Waals surface area contributed by atoms with Crippen LogP contribution in [0.5, 0.6) is 11.5 Å². The molecule has 1 unspecified atom stereocenters. The summed E-state index contributed by atoms with van der Waals surface area (Å²) in [5.41, 5.74) is 2.41. The van der Waals surface area contributed by atoms with E-state index in [-0.39, 0.29) is 18.3 Å². The smallest absolute Gasteiger partial charge is 0.255 e. The lowest BCUT2D eigenvalue weighted by atomic mass is 9.94. The van der Waals surface area contributed by atoms with Crippen LogP contribution >= 0.6 is 11.6 Å². The van der Waals surface area contributed by atoms with Crippen LogP contribution in [0.2, 0.25) is 5.02 Å². The van der Waals surface area contributed by atoms with Crippen LogP contribution in [-0.4, -0.2) is 39.0 Å². The second-order valence-electron chi connectivity index (χ2n) is 7.39. The third-order valence-electron chi connectivity index (χ3n) is 5.25. The van der Waals surface area contributed by atoms with Crippen LogP contribution in [0.25, 0.3) is 0 Å². The minimum atomic E-state index is -0.603. The number of rotatable bonds is 4. The number of halogens is 1. The first-order chi connectivity index (χ1) is 15.5. The van der Waals surface area contributed by atoms with E-state index in [0.717, 1.165) is 5.56 Å². The topological polar surface area (TPSA) is 111 Å². The first-order valence-electron chi connectivity index (χ1n) is 10.0. The minimum absolute atomic E-state index is 0.249. The Morgan fingerprint density at radius 1 is 1.25 bits per heavy atom. The molecule has 1 amide bonds. The molecule has 32 heavy (non-hydrogen) atoms. The number of amides is 1. The number of ether oxygens (including phenoxy) is 2. The number of aliphatic hydroxyl groups excluding tert-OH is 1. The molecule has 1 atom stereocenters. The van der Waals surface area contributed by atoms with Gasteiger partial charge >= 0.3 is 0 Å². The molecule has 9 nitrogen and oxygen atoms in total. The molecule has 5 rings (SSSR count). The molecule has 0 saturated heterocycles. The summed E-state index contributed by atoms with van der Waals surface area (Å²) in [6, 6.07) is 11.9. The largest absolute Gasteiger partial charge is 0.486 e. The van der Waals surface area contributed by atoms with Crippen molar-refractivity contribution in [2.45, 2.75) is 19.6 Å². The average molecular weight is 454 g/mol. The van der Waals surface area contributed by atoms with E-state index in [2.05, 4.69) is 20.7 Å². The normalized spacial score (nSPS) is 16.9. The van der Waals surface area contributed by atoms with Gasteiger partial charge in [0, 0.05) is 16.4 Å². The molecule has 0 spiro atoms. The van der Waals surface area contributed by atoms with Gasteiger partial charge in [0.15, 0.2) is 17.3 Å². The number of allylic oxidation sites excluding steroid dienone is 1. The maximum absolute atomic E-state index is 13.4. The van der Waals surface area contributed by atoms with Crippen molar-refractivity contribution in [2.75, 3.05) is 23.8 Å². The highest BCUT2D eigenvalue weighted by Crippen LogP contribution is 2.40. The monoisotopic (exact) mass is 453 g/mol. The maximum Gasteiger partial charge on any atom is 0.255 e. The fraction of sp³-hybridized carbons (Fsp3) is 0.227. The number of fused-ring (bicyclic) bond motifs is 2. The lowest BCUT2D eigenvalue weighted by Crippen LogP contribution is -2.31. The highest BCUT2D eigenvalue weighted by Gasteiger charge is 2.35. The number of hydrogen-bond donors (Lipinski definition) is 3. The summed E-state index contributed by atoms with van der Waals surface area (Å²) in [6.45, 7) is 2.41. The van der Waals surface area contributed by atoms with Crippen molar-refractivity contribution < 1.29 is 19.4 Å². The summed E-state index contributed by atoms with van der Waals surface area (Å²) in [5.74, 6) is 1.62. The van der Waals surface area contributed by atoms with Gasteiger partial charge in [0.25, 0.3) is 5.91 Å². The number of nitrogens with zero attached hydrogens (tertiary/aromatic N) is 3. The molecule has 164 valence electrons. The van der Waals surface area contributed by atoms with Gasteiger partial charge in [-0.1, -0.05) is 23.7 Å². The summed E-state index contributed by atoms with van der Waals surface area (Å²) in [5, 5.41) is 20.5. The van der Waals surface area contributed by atoms with Crippen molar-refractivity contribution in [3.63, 3.8) is 0 Å². The summed E-state index contributed by atoms with van der Waals surface area (Å²) < 4.78 is 13.0. The summed E-state index contributed by atoms with van der Waals surface area (Å²) in [7, 11) is 0. The Bertz CT molecular complexity index is 1240. The molecule has 2 aliphatic heterocycles. The minimum Gasteiger partial charge on any atom is -0.486 e. The highest BCUT2D eigenvalue weighted by atomic mass is 35.5. The number of nitrogens with one attached hydrogen (secondary N) is 2. The molecule has 3 N–H and O–H groups in total. The second-order valence-corrected chi connectivity index (χ2v) is 7.82. The van der Waals surface area contributed by atoms with Crippen LogP contribution in [-0.2, 0) is 11.4 Å². The zero-order chi connectivity index (χ0) is 22.2. The number of anilines is 2. The Hall–Kier alpha value is -3.56. The molecule has 1 aromatic heterocycles. The zero-order valence-electron chi connectivity index (χ0n) is 17.1. The van der Waals surface area contributed by atoms with Crippen LogP contribution in [0.1, 0.15) is 24.4 Å². The van der Waals surface area contributed by atoms with Gasteiger partial charge in [-0.2, -0.15) is 10.1 Å². The van der Waals surface area contributed by atoms with Crippen molar-refractivity contribution in [3.8, 4) is 11.5 Å². The van der Waals surface area contributed by atoms with Gasteiger partial charge in [-0.3, -0.25) is 4.79 Å². The van der Waals surface area contributed by atoms with Gasteiger partial charge in [0.1, 0.15) is 25.9 Å². The van der Waals surface area contributed by atoms with E-state index in [1.54, 1.807) is 35.9 Å². The number of hydrogen-bond acceptors (Lipinski definition) is 7. The van der Waals surface area contributed by atoms with Crippen molar-refractivity contribution in [2.24, 2.45) is 0 Å². The molecule has 0 saturated carbocycles. The van der Waals surface area contributed by atoms with Gasteiger partial charge in [-0.05, 0) is 42.8 Å². The van der Waals surface area contributed by atoms with E-state index in [9.17, 15) is 9.90 Å². The summed E-state index contributed by atoms with van der Waals surface area (Å²) >= 11 is 6.07. The third-order valence-corrected chi connectivity index (χ3v) is 5.48. The molecule has 2 aliphatic rings. The fourth-order valence-electron chi connectivity index (χ4n) is 3.86. The highest BCUT2D eigenvalue weighted by molar-refractivity contribution is 6.31. The van der Waals surface area contributed by atoms with E-state index in [1.165, 1.54) is 0 Å². The molecule has 0 bridgehead atoms. The third kappa shape index (κ3) is 3.65. The predicted octanol–water partition coefficient (Wildman–Crippen LogP) is 3.12. The molecule has 10 heteroatoms. The van der Waals surface area contributed by atoms with E-state index in [1.807, 2.05) is 18.2 Å². The first-order valence-corrected chi connectivity index (χ1v) is 10.4. The van der Waals surface area contributed by atoms with Crippen LogP contribution < -0.4 is 20.1 Å². The molecule has 0 aliphatic carbocycles. The molecular weight excluding hydrogens is 434 g/mol.